The molecule has 0 aliphatic carbocycles. The minimum absolute atomic E-state index is 0.0405. The molecule has 7 nitrogen and oxygen atoms in total. The second-order valence-corrected chi connectivity index (χ2v) is 5.39. The van der Waals surface area contributed by atoms with E-state index < -0.39 is 24.1 Å². The first-order chi connectivity index (χ1) is 8.95. The van der Waals surface area contributed by atoms with Crippen LogP contribution in [0.5, 0.6) is 0 Å². The summed E-state index contributed by atoms with van der Waals surface area (Å²) in [6.07, 6.45) is 0.0666. The summed E-state index contributed by atoms with van der Waals surface area (Å²) in [4.78, 5) is 26.2. The fraction of sp³-hybridized carbons (Fsp3) is 0.833. The molecule has 4 atom stereocenters. The van der Waals surface area contributed by atoms with Gasteiger partial charge in [0.25, 0.3) is 0 Å². The fourth-order valence-electron chi connectivity index (χ4n) is 2.95. The normalized spacial score (nSPS) is 34.9. The maximum Gasteiger partial charge on any atom is 0.326 e. The SMILES string of the molecule is CC1CCN(C(=O)N2CC(O)CC2C(=O)O)C1CO. The van der Waals surface area contributed by atoms with E-state index in [-0.39, 0.29) is 31.5 Å². The number of likely N-dealkylation sites (tertiary alicyclic amines) is 2. The van der Waals surface area contributed by atoms with Crippen LogP contribution >= 0.6 is 0 Å². The van der Waals surface area contributed by atoms with Crippen LogP contribution in [0.25, 0.3) is 0 Å². The molecular weight excluding hydrogens is 252 g/mol. The van der Waals surface area contributed by atoms with Gasteiger partial charge in [-0.15, -0.1) is 0 Å². The summed E-state index contributed by atoms with van der Waals surface area (Å²) < 4.78 is 0. The topological polar surface area (TPSA) is 101 Å². The first-order valence-corrected chi connectivity index (χ1v) is 6.54. The van der Waals surface area contributed by atoms with E-state index in [0.717, 1.165) is 6.42 Å². The number of hydrogen-bond acceptors (Lipinski definition) is 4. The first kappa shape index (κ1) is 14.1. The number of hydrogen-bond donors (Lipinski definition) is 3. The highest BCUT2D eigenvalue weighted by Crippen LogP contribution is 2.27. The van der Waals surface area contributed by atoms with Crippen molar-refractivity contribution < 1.29 is 24.9 Å². The standard InChI is InChI=1S/C12H20N2O5/c1-7-2-3-13(10(7)6-15)12(19)14-5-8(16)4-9(14)11(17)18/h7-10,15-16H,2-6H2,1H3,(H,17,18). The Kier molecular flexibility index (Phi) is 3.96. The van der Waals surface area contributed by atoms with E-state index in [1.165, 1.54) is 9.80 Å². The minimum Gasteiger partial charge on any atom is -0.480 e. The number of aliphatic hydroxyl groups excluding tert-OH is 2. The summed E-state index contributed by atoms with van der Waals surface area (Å²) in [7, 11) is 0. The van der Waals surface area contributed by atoms with Crippen LogP contribution in [0.1, 0.15) is 19.8 Å². The van der Waals surface area contributed by atoms with Crippen molar-refractivity contribution >= 4 is 12.0 Å². The van der Waals surface area contributed by atoms with Crippen molar-refractivity contribution in [2.75, 3.05) is 19.7 Å². The van der Waals surface area contributed by atoms with Crippen molar-refractivity contribution in [3.63, 3.8) is 0 Å². The molecule has 0 radical (unpaired) electrons. The Morgan fingerprint density at radius 2 is 2.00 bits per heavy atom. The van der Waals surface area contributed by atoms with Gasteiger partial charge in [0.1, 0.15) is 6.04 Å². The first-order valence-electron chi connectivity index (χ1n) is 6.54. The Bertz CT molecular complexity index is 375. The highest BCUT2D eigenvalue weighted by atomic mass is 16.4. The van der Waals surface area contributed by atoms with Crippen LogP contribution in [0.4, 0.5) is 4.79 Å². The molecular formula is C12H20N2O5. The molecule has 19 heavy (non-hydrogen) atoms. The van der Waals surface area contributed by atoms with Crippen LogP contribution in [0.15, 0.2) is 0 Å². The van der Waals surface area contributed by atoms with Crippen LogP contribution in [-0.4, -0.2) is 75.0 Å². The number of carboxylic acid groups (broad SMARTS) is 1. The van der Waals surface area contributed by atoms with Crippen molar-refractivity contribution in [2.45, 2.75) is 38.0 Å². The molecule has 108 valence electrons. The Labute approximate surface area is 111 Å². The number of urea groups is 1. The zero-order chi connectivity index (χ0) is 14.2. The summed E-state index contributed by atoms with van der Waals surface area (Å²) in [6.45, 7) is 2.39. The average molecular weight is 272 g/mol. The van der Waals surface area contributed by atoms with Crippen LogP contribution in [0.3, 0.4) is 0 Å². The molecule has 0 aromatic carbocycles. The summed E-state index contributed by atoms with van der Waals surface area (Å²) in [5.41, 5.74) is 0. The van der Waals surface area contributed by atoms with E-state index in [2.05, 4.69) is 0 Å². The fourth-order valence-corrected chi connectivity index (χ4v) is 2.95. The highest BCUT2D eigenvalue weighted by molar-refractivity contribution is 5.84. The van der Waals surface area contributed by atoms with E-state index in [0.29, 0.717) is 6.54 Å². The predicted octanol–water partition coefficient (Wildman–Crippen LogP) is -0.671. The lowest BCUT2D eigenvalue weighted by atomic mass is 10.0. The molecule has 4 unspecified atom stereocenters. The van der Waals surface area contributed by atoms with Gasteiger partial charge in [-0.3, -0.25) is 0 Å². The van der Waals surface area contributed by atoms with Crippen molar-refractivity contribution in [2.24, 2.45) is 5.92 Å². The van der Waals surface area contributed by atoms with Gasteiger partial charge in [-0.2, -0.15) is 0 Å². The number of carboxylic acids is 1. The van der Waals surface area contributed by atoms with Gasteiger partial charge < -0.3 is 25.1 Å². The van der Waals surface area contributed by atoms with Crippen molar-refractivity contribution in [1.82, 2.24) is 9.80 Å². The Hall–Kier alpha value is -1.34. The third-order valence-corrected chi connectivity index (χ3v) is 4.13. The molecule has 2 saturated heterocycles. The Morgan fingerprint density at radius 1 is 1.32 bits per heavy atom. The molecule has 0 aromatic rings. The lowest BCUT2D eigenvalue weighted by Crippen LogP contribution is -2.51. The number of aliphatic carboxylic acids is 1. The maximum absolute atomic E-state index is 12.4. The molecule has 0 aromatic heterocycles. The summed E-state index contributed by atoms with van der Waals surface area (Å²) in [6, 6.07) is -1.63. The Balaban J connectivity index is 2.12. The van der Waals surface area contributed by atoms with E-state index in [9.17, 15) is 19.8 Å². The zero-order valence-corrected chi connectivity index (χ0v) is 10.9. The molecule has 2 aliphatic heterocycles. The summed E-state index contributed by atoms with van der Waals surface area (Å²) in [5.74, 6) is -0.901. The lowest BCUT2D eigenvalue weighted by Gasteiger charge is -2.31. The predicted molar refractivity (Wildman–Crippen MR) is 65.5 cm³/mol. The molecule has 2 rings (SSSR count). The number of carbonyl (C=O) groups excluding carboxylic acids is 1. The molecule has 0 spiro atoms. The van der Waals surface area contributed by atoms with E-state index in [1.54, 1.807) is 0 Å². The van der Waals surface area contributed by atoms with Gasteiger partial charge >= 0.3 is 12.0 Å². The smallest absolute Gasteiger partial charge is 0.326 e. The van der Waals surface area contributed by atoms with Crippen LogP contribution in [-0.2, 0) is 4.79 Å². The maximum atomic E-state index is 12.4. The number of carbonyl (C=O) groups is 2. The quantitative estimate of drug-likeness (QED) is 0.619. The monoisotopic (exact) mass is 272 g/mol. The van der Waals surface area contributed by atoms with Crippen molar-refractivity contribution in [3.05, 3.63) is 0 Å². The molecule has 3 N–H and O–H groups in total. The molecule has 2 aliphatic rings. The van der Waals surface area contributed by atoms with Gasteiger partial charge in [-0.1, -0.05) is 6.92 Å². The van der Waals surface area contributed by atoms with Crippen LogP contribution < -0.4 is 0 Å². The zero-order valence-electron chi connectivity index (χ0n) is 10.9. The lowest BCUT2D eigenvalue weighted by molar-refractivity contribution is -0.141. The second kappa shape index (κ2) is 5.34. The number of aliphatic hydroxyl groups is 2. The van der Waals surface area contributed by atoms with Gasteiger partial charge in [-0.25, -0.2) is 9.59 Å². The van der Waals surface area contributed by atoms with E-state index in [4.69, 9.17) is 5.11 Å². The number of rotatable bonds is 2. The third kappa shape index (κ3) is 2.52. The average Bonchev–Trinajstić information content (AvgIpc) is 2.91. The molecule has 7 heteroatoms. The minimum atomic E-state index is -1.10. The number of amides is 2. The largest absolute Gasteiger partial charge is 0.480 e. The molecule has 2 amide bonds. The molecule has 0 saturated carbocycles. The Morgan fingerprint density at radius 3 is 2.58 bits per heavy atom. The van der Waals surface area contributed by atoms with Gasteiger partial charge in [0.2, 0.25) is 0 Å². The van der Waals surface area contributed by atoms with Crippen LogP contribution in [0.2, 0.25) is 0 Å². The number of β-amino-alcohol motifs (C(OH)–C–C–N with tert-alkyl or cyclic N) is 1. The van der Waals surface area contributed by atoms with Gasteiger partial charge in [-0.05, 0) is 12.3 Å². The molecule has 2 fully saturated rings. The summed E-state index contributed by atoms with van der Waals surface area (Å²) >= 11 is 0. The van der Waals surface area contributed by atoms with E-state index in [1.807, 2.05) is 6.92 Å². The van der Waals surface area contributed by atoms with E-state index >= 15 is 0 Å². The van der Waals surface area contributed by atoms with Gasteiger partial charge in [0.05, 0.1) is 18.8 Å². The second-order valence-electron chi connectivity index (χ2n) is 5.39. The molecule has 0 bridgehead atoms. The van der Waals surface area contributed by atoms with Crippen molar-refractivity contribution in [3.8, 4) is 0 Å². The highest BCUT2D eigenvalue weighted by Gasteiger charge is 2.44. The van der Waals surface area contributed by atoms with Crippen LogP contribution in [0, 0.1) is 5.92 Å². The van der Waals surface area contributed by atoms with Gasteiger partial charge in [0, 0.05) is 19.5 Å². The number of nitrogens with zero attached hydrogens (tertiary/aromatic N) is 2. The third-order valence-electron chi connectivity index (χ3n) is 4.13. The van der Waals surface area contributed by atoms with Crippen molar-refractivity contribution in [1.29, 1.82) is 0 Å². The summed E-state index contributed by atoms with van der Waals surface area (Å²) in [5, 5.41) is 28.0. The molecule has 2 heterocycles. The van der Waals surface area contributed by atoms with Gasteiger partial charge in [0.15, 0.2) is 0 Å².